The van der Waals surface area contributed by atoms with Gasteiger partial charge in [0, 0.05) is 12.6 Å². The van der Waals surface area contributed by atoms with E-state index in [0.717, 1.165) is 15.4 Å². The lowest BCUT2D eigenvalue weighted by Crippen LogP contribution is -2.26. The van der Waals surface area contributed by atoms with Gasteiger partial charge in [-0.3, -0.25) is 10.3 Å². The molecule has 1 aliphatic rings. The molecule has 2 aromatic rings. The highest BCUT2D eigenvalue weighted by Gasteiger charge is 2.13. The molecule has 3 N–H and O–H groups in total. The topological polar surface area (TPSA) is 104 Å². The van der Waals surface area contributed by atoms with Crippen molar-refractivity contribution in [1.82, 2.24) is 15.1 Å². The van der Waals surface area contributed by atoms with Crippen LogP contribution in [-0.2, 0) is 7.05 Å². The molecule has 3 rings (SSSR count). The first-order valence-corrected chi connectivity index (χ1v) is 9.15. The second-order valence-corrected chi connectivity index (χ2v) is 6.97. The first kappa shape index (κ1) is 17.2. The van der Waals surface area contributed by atoms with Gasteiger partial charge in [-0.15, -0.1) is 0 Å². The molecular formula is C17H21N7S. The Hall–Kier alpha value is -2.66. The van der Waals surface area contributed by atoms with Crippen molar-refractivity contribution in [2.75, 3.05) is 0 Å². The molecule has 0 aliphatic heterocycles. The quantitative estimate of drug-likeness (QED) is 0.382. The zero-order valence-corrected chi connectivity index (χ0v) is 15.0. The van der Waals surface area contributed by atoms with Crippen LogP contribution in [0.4, 0.5) is 5.69 Å². The minimum Gasteiger partial charge on any atom is -0.369 e. The molecule has 7 nitrogen and oxygen atoms in total. The van der Waals surface area contributed by atoms with Crippen molar-refractivity contribution < 1.29 is 0 Å². The van der Waals surface area contributed by atoms with Gasteiger partial charge in [0.1, 0.15) is 5.01 Å². The van der Waals surface area contributed by atoms with Crippen LogP contribution >= 0.6 is 11.3 Å². The van der Waals surface area contributed by atoms with Crippen LogP contribution in [0.15, 0.2) is 34.3 Å². The lowest BCUT2D eigenvalue weighted by Gasteiger charge is -2.16. The molecule has 0 atom stereocenters. The molecule has 1 fully saturated rings. The number of nitrogens with two attached hydrogens (primary N) is 1. The summed E-state index contributed by atoms with van der Waals surface area (Å²) in [6.45, 7) is 0. The van der Waals surface area contributed by atoms with E-state index in [1.807, 2.05) is 36.0 Å². The highest BCUT2D eigenvalue weighted by Crippen LogP contribution is 2.23. The third-order valence-electron chi connectivity index (χ3n) is 4.12. The molecule has 1 aromatic heterocycles. The first-order chi connectivity index (χ1) is 12.2. The maximum absolute atomic E-state index is 8.51. The standard InChI is InChI=1S/C17H21N7S/c1-24-17(22-13-5-3-2-4-6-13)25-15(23-24)12-7-9-14(10-8-12)21-16(19)20-11-18/h7-10,13H,2-6H2,1H3,(H3,19,20,21). The van der Waals surface area contributed by atoms with Gasteiger partial charge in [0.05, 0.1) is 11.7 Å². The van der Waals surface area contributed by atoms with Crippen LogP contribution in [0, 0.1) is 11.5 Å². The molecule has 0 saturated heterocycles. The van der Waals surface area contributed by atoms with Crippen LogP contribution in [0.25, 0.3) is 10.6 Å². The maximum Gasteiger partial charge on any atom is 0.207 e. The van der Waals surface area contributed by atoms with E-state index in [4.69, 9.17) is 16.0 Å². The van der Waals surface area contributed by atoms with E-state index < -0.39 is 0 Å². The molecule has 1 saturated carbocycles. The van der Waals surface area contributed by atoms with Gasteiger partial charge in [0.25, 0.3) is 0 Å². The van der Waals surface area contributed by atoms with E-state index in [2.05, 4.69) is 15.4 Å². The molecule has 25 heavy (non-hydrogen) atoms. The average molecular weight is 355 g/mol. The Bertz CT molecular complexity index is 848. The van der Waals surface area contributed by atoms with Gasteiger partial charge in [-0.1, -0.05) is 30.6 Å². The summed E-state index contributed by atoms with van der Waals surface area (Å²) >= 11 is 1.60. The van der Waals surface area contributed by atoms with Crippen molar-refractivity contribution in [1.29, 1.82) is 5.26 Å². The van der Waals surface area contributed by atoms with Crippen LogP contribution in [0.2, 0.25) is 0 Å². The molecule has 0 bridgehead atoms. The number of hydrogen-bond donors (Lipinski definition) is 2. The van der Waals surface area contributed by atoms with Crippen LogP contribution in [-0.4, -0.2) is 21.8 Å². The summed E-state index contributed by atoms with van der Waals surface area (Å²) in [6, 6.07) is 8.02. The molecule has 1 aliphatic carbocycles. The van der Waals surface area contributed by atoms with Gasteiger partial charge in [-0.25, -0.2) is 9.67 Å². The van der Waals surface area contributed by atoms with Crippen molar-refractivity contribution in [3.63, 3.8) is 0 Å². The van der Waals surface area contributed by atoms with Crippen molar-refractivity contribution >= 4 is 23.0 Å². The number of aliphatic imine (C=N–C) groups is 1. The molecule has 0 spiro atoms. The lowest BCUT2D eigenvalue weighted by atomic mass is 9.96. The zero-order chi connectivity index (χ0) is 17.6. The smallest absolute Gasteiger partial charge is 0.207 e. The molecule has 1 heterocycles. The third-order valence-corrected chi connectivity index (χ3v) is 5.18. The van der Waals surface area contributed by atoms with Crippen molar-refractivity contribution in [3.05, 3.63) is 29.1 Å². The fourth-order valence-corrected chi connectivity index (χ4v) is 3.81. The van der Waals surface area contributed by atoms with Gasteiger partial charge in [-0.2, -0.15) is 10.4 Å². The Labute approximate surface area is 150 Å². The van der Waals surface area contributed by atoms with Crippen LogP contribution in [0.1, 0.15) is 32.1 Å². The highest BCUT2D eigenvalue weighted by molar-refractivity contribution is 7.12. The minimum absolute atomic E-state index is 0.0736. The Morgan fingerprint density at radius 2 is 2.04 bits per heavy atom. The van der Waals surface area contributed by atoms with E-state index in [0.29, 0.717) is 11.7 Å². The van der Waals surface area contributed by atoms with E-state index in [1.165, 1.54) is 32.1 Å². The highest BCUT2D eigenvalue weighted by atomic mass is 32.1. The largest absolute Gasteiger partial charge is 0.369 e. The van der Waals surface area contributed by atoms with E-state index in [1.54, 1.807) is 17.5 Å². The molecular weight excluding hydrogens is 334 g/mol. The van der Waals surface area contributed by atoms with E-state index in [-0.39, 0.29) is 5.96 Å². The third kappa shape index (κ3) is 4.45. The number of guanidine groups is 1. The van der Waals surface area contributed by atoms with Crippen LogP contribution in [0.5, 0.6) is 0 Å². The number of aromatic nitrogens is 2. The Kier molecular flexibility index (Phi) is 5.46. The number of nitriles is 1. The van der Waals surface area contributed by atoms with Gasteiger partial charge >= 0.3 is 0 Å². The minimum atomic E-state index is 0.0736. The number of aryl methyl sites for hydroxylation is 1. The fourth-order valence-electron chi connectivity index (χ4n) is 2.85. The van der Waals surface area contributed by atoms with Crippen molar-refractivity contribution in [3.8, 4) is 16.8 Å². The lowest BCUT2D eigenvalue weighted by molar-refractivity contribution is 0.434. The summed E-state index contributed by atoms with van der Waals surface area (Å²) in [4.78, 5) is 9.95. The second kappa shape index (κ2) is 7.94. The monoisotopic (exact) mass is 355 g/mol. The Morgan fingerprint density at radius 1 is 1.32 bits per heavy atom. The summed E-state index contributed by atoms with van der Waals surface area (Å²) < 4.78 is 1.86. The number of hydrogen-bond acceptors (Lipinski definition) is 5. The second-order valence-electron chi connectivity index (χ2n) is 6.02. The first-order valence-electron chi connectivity index (χ1n) is 8.33. The van der Waals surface area contributed by atoms with E-state index >= 15 is 0 Å². The molecule has 0 unspecified atom stereocenters. The molecule has 0 amide bonds. The predicted octanol–water partition coefficient (Wildman–Crippen LogP) is 2.40. The van der Waals surface area contributed by atoms with Crippen LogP contribution < -0.4 is 15.9 Å². The summed E-state index contributed by atoms with van der Waals surface area (Å²) in [6.07, 6.45) is 7.97. The number of nitrogens with one attached hydrogen (secondary N) is 1. The van der Waals surface area contributed by atoms with Gasteiger partial charge < -0.3 is 5.73 Å². The normalized spacial score (nSPS) is 16.6. The number of rotatable bonds is 3. The molecule has 0 radical (unpaired) electrons. The zero-order valence-electron chi connectivity index (χ0n) is 14.1. The van der Waals surface area contributed by atoms with Crippen molar-refractivity contribution in [2.24, 2.45) is 22.8 Å². The summed E-state index contributed by atoms with van der Waals surface area (Å²) in [5.74, 6) is 0.0736. The Balaban J connectivity index is 1.80. The number of benzene rings is 1. The van der Waals surface area contributed by atoms with Crippen molar-refractivity contribution in [2.45, 2.75) is 38.1 Å². The van der Waals surface area contributed by atoms with Gasteiger partial charge in [0.15, 0.2) is 6.19 Å². The number of nitrogens with zero attached hydrogens (tertiary/aromatic N) is 5. The molecule has 130 valence electrons. The maximum atomic E-state index is 8.51. The summed E-state index contributed by atoms with van der Waals surface area (Å²) in [7, 11) is 1.94. The summed E-state index contributed by atoms with van der Waals surface area (Å²) in [5, 5.41) is 16.3. The van der Waals surface area contributed by atoms with Gasteiger partial charge in [-0.05, 0) is 37.1 Å². The summed E-state index contributed by atoms with van der Waals surface area (Å²) in [5.41, 5.74) is 7.26. The molecule has 1 aromatic carbocycles. The fraction of sp³-hybridized carbons (Fsp3) is 0.412. The Morgan fingerprint density at radius 3 is 2.72 bits per heavy atom. The average Bonchev–Trinajstić information content (AvgIpc) is 2.97. The SMILES string of the molecule is Cn1nc(-c2ccc(N=C(N)NC#N)cc2)sc1=NC1CCCCC1. The van der Waals surface area contributed by atoms with Crippen LogP contribution in [0.3, 0.4) is 0 Å². The molecule has 8 heteroatoms. The van der Waals surface area contributed by atoms with E-state index in [9.17, 15) is 0 Å². The van der Waals surface area contributed by atoms with Gasteiger partial charge in [0.2, 0.25) is 10.8 Å². The predicted molar refractivity (Wildman–Crippen MR) is 99.0 cm³/mol.